The van der Waals surface area contributed by atoms with Gasteiger partial charge in [-0.2, -0.15) is 0 Å². The maximum atomic E-state index is 10.6. The predicted molar refractivity (Wildman–Crippen MR) is 249 cm³/mol. The van der Waals surface area contributed by atoms with Crippen LogP contribution < -0.4 is 20.1 Å². The van der Waals surface area contributed by atoms with E-state index in [4.69, 9.17) is 40.1 Å². The van der Waals surface area contributed by atoms with Gasteiger partial charge in [0.2, 0.25) is 0 Å². The van der Waals surface area contributed by atoms with Crippen molar-refractivity contribution in [2.45, 2.75) is 63.6 Å². The van der Waals surface area contributed by atoms with Gasteiger partial charge in [0.15, 0.2) is 0 Å². The number of pyridine rings is 2. The highest BCUT2D eigenvalue weighted by Crippen LogP contribution is 2.32. The van der Waals surface area contributed by atoms with Crippen LogP contribution in [0.15, 0.2) is 97.4 Å². The van der Waals surface area contributed by atoms with E-state index in [0.717, 1.165) is 108 Å². The molecule has 2 saturated heterocycles. The molecule has 2 unspecified atom stereocenters. The minimum absolute atomic E-state index is 0.438. The van der Waals surface area contributed by atoms with Gasteiger partial charge >= 0.3 is 35.8 Å². The van der Waals surface area contributed by atoms with E-state index in [2.05, 4.69) is 20.6 Å². The maximum Gasteiger partial charge on any atom is 0.328 e. The first-order valence-electron chi connectivity index (χ1n) is 21.5. The molecule has 2 aliphatic rings. The Labute approximate surface area is 392 Å². The van der Waals surface area contributed by atoms with E-state index in [1.165, 1.54) is 25.7 Å². The summed E-state index contributed by atoms with van der Waals surface area (Å²) in [7, 11) is 3.31. The largest absolute Gasteiger partial charge is 0.497 e. The van der Waals surface area contributed by atoms with Gasteiger partial charge in [0.05, 0.1) is 37.5 Å². The molecule has 2 aliphatic heterocycles. The van der Waals surface area contributed by atoms with Gasteiger partial charge in [-0.25, -0.2) is 28.8 Å². The highest BCUT2D eigenvalue weighted by molar-refractivity contribution is 5.91. The fourth-order valence-corrected chi connectivity index (χ4v) is 6.99. The predicted octanol–water partition coefficient (Wildman–Crippen LogP) is 5.25. The number of methoxy groups -OCH3 is 2. The van der Waals surface area contributed by atoms with E-state index in [-0.39, 0.29) is 0 Å². The molecule has 68 heavy (non-hydrogen) atoms. The van der Waals surface area contributed by atoms with Crippen molar-refractivity contribution < 1.29 is 79.1 Å². The zero-order valence-corrected chi connectivity index (χ0v) is 37.8. The quantitative estimate of drug-likeness (QED) is 0.0641. The molecule has 6 rings (SSSR count). The minimum Gasteiger partial charge on any atom is -0.497 e. The topological polar surface area (TPSA) is 333 Å². The van der Waals surface area contributed by atoms with Crippen molar-refractivity contribution in [3.63, 3.8) is 0 Å². The molecule has 20 heteroatoms. The fraction of sp³-hybridized carbons (Fsp3) is 0.375. The Morgan fingerprint density at radius 1 is 0.529 bits per heavy atom. The second-order valence-corrected chi connectivity index (χ2v) is 15.2. The molecule has 0 saturated carbocycles. The summed E-state index contributed by atoms with van der Waals surface area (Å²) in [5.41, 5.74) is 3.72. The Bertz CT molecular complexity index is 2100. The lowest BCUT2D eigenvalue weighted by Gasteiger charge is -2.23. The standard InChI is InChI=1S/2C18H24N2O2.3C4H4O4/c2*1-22-14-3-4-17-16(12-14)15(8-11-20-17)18(21)5-2-13-6-9-19-10-7-13;3*5-3(6)1-2-4(7)8/h2*3-4,8,11-13,18-19,21H,2,5-7,9-10H2,1H3;3*1-2H,(H,5,6)(H,7,8)/b;;3*2-1+. The first kappa shape index (κ1) is 56.9. The third-order valence-corrected chi connectivity index (χ3v) is 10.4. The molecule has 0 spiro atoms. The van der Waals surface area contributed by atoms with Crippen molar-refractivity contribution in [2.75, 3.05) is 40.4 Å². The van der Waals surface area contributed by atoms with Crippen LogP contribution in [-0.2, 0) is 28.8 Å². The molecule has 10 N–H and O–H groups in total. The number of nitrogens with one attached hydrogen (secondary N) is 2. The summed E-state index contributed by atoms with van der Waals surface area (Å²) >= 11 is 0. The lowest BCUT2D eigenvalue weighted by molar-refractivity contribution is -0.134. The Morgan fingerprint density at radius 3 is 1.09 bits per heavy atom. The molecule has 0 radical (unpaired) electrons. The van der Waals surface area contributed by atoms with Crippen LogP contribution in [0.3, 0.4) is 0 Å². The van der Waals surface area contributed by atoms with Crippen LogP contribution in [0.5, 0.6) is 11.5 Å². The number of aliphatic hydroxyl groups excluding tert-OH is 2. The van der Waals surface area contributed by atoms with Crippen LogP contribution in [0, 0.1) is 11.8 Å². The molecule has 0 bridgehead atoms. The second-order valence-electron chi connectivity index (χ2n) is 15.2. The Morgan fingerprint density at radius 2 is 0.824 bits per heavy atom. The molecule has 0 aliphatic carbocycles. The fourth-order valence-electron chi connectivity index (χ4n) is 6.99. The van der Waals surface area contributed by atoms with Crippen LogP contribution >= 0.6 is 0 Å². The highest BCUT2D eigenvalue weighted by Gasteiger charge is 2.19. The van der Waals surface area contributed by atoms with Crippen LogP contribution in [-0.4, -0.2) is 127 Å². The van der Waals surface area contributed by atoms with Gasteiger partial charge in [-0.05, 0) is 149 Å². The number of benzene rings is 2. The molecule has 2 aromatic heterocycles. The van der Waals surface area contributed by atoms with Gasteiger partial charge in [-0.15, -0.1) is 0 Å². The third-order valence-electron chi connectivity index (χ3n) is 10.4. The molecule has 2 aromatic carbocycles. The number of fused-ring (bicyclic) bond motifs is 2. The van der Waals surface area contributed by atoms with Crippen LogP contribution in [0.1, 0.15) is 74.7 Å². The van der Waals surface area contributed by atoms with Crippen LogP contribution in [0.2, 0.25) is 0 Å². The van der Waals surface area contributed by atoms with E-state index >= 15 is 0 Å². The third kappa shape index (κ3) is 23.3. The highest BCUT2D eigenvalue weighted by atomic mass is 16.5. The number of hydrogen-bond donors (Lipinski definition) is 10. The smallest absolute Gasteiger partial charge is 0.328 e. The Kier molecular flexibility index (Phi) is 26.4. The number of piperidine rings is 2. The molecule has 368 valence electrons. The first-order valence-corrected chi connectivity index (χ1v) is 21.5. The van der Waals surface area contributed by atoms with Crippen LogP contribution in [0.25, 0.3) is 21.8 Å². The summed E-state index contributed by atoms with van der Waals surface area (Å²) in [5, 5.41) is 76.9. The second kappa shape index (κ2) is 31.6. The molecular weight excluding hydrogens is 889 g/mol. The maximum absolute atomic E-state index is 10.6. The summed E-state index contributed by atoms with van der Waals surface area (Å²) in [6, 6.07) is 15.5. The zero-order chi connectivity index (χ0) is 50.4. The summed E-state index contributed by atoms with van der Waals surface area (Å²) in [5.74, 6) is -4.48. The van der Waals surface area contributed by atoms with Crippen molar-refractivity contribution in [3.8, 4) is 11.5 Å². The van der Waals surface area contributed by atoms with Gasteiger partial charge in [0.25, 0.3) is 0 Å². The van der Waals surface area contributed by atoms with Gasteiger partial charge in [-0.1, -0.05) is 0 Å². The average molecular weight is 949 g/mol. The molecule has 0 amide bonds. The number of aliphatic carboxylic acids is 6. The number of ether oxygens (including phenoxy) is 2. The molecule has 20 nitrogen and oxygen atoms in total. The zero-order valence-electron chi connectivity index (χ0n) is 37.8. The van der Waals surface area contributed by atoms with Crippen molar-refractivity contribution >= 4 is 57.6 Å². The normalized spacial score (nSPS) is 14.7. The number of carboxylic acids is 6. The van der Waals surface area contributed by atoms with E-state index in [1.807, 2.05) is 48.5 Å². The van der Waals surface area contributed by atoms with Crippen molar-refractivity contribution in [1.29, 1.82) is 0 Å². The van der Waals surface area contributed by atoms with E-state index < -0.39 is 48.0 Å². The van der Waals surface area contributed by atoms with Gasteiger partial charge in [-0.3, -0.25) is 9.97 Å². The van der Waals surface area contributed by atoms with E-state index in [9.17, 15) is 39.0 Å². The number of carbonyl (C=O) groups is 6. The lowest BCUT2D eigenvalue weighted by atomic mass is 9.90. The summed E-state index contributed by atoms with van der Waals surface area (Å²) in [4.78, 5) is 66.1. The molecule has 4 aromatic rings. The van der Waals surface area contributed by atoms with Crippen molar-refractivity contribution in [3.05, 3.63) is 109 Å². The SMILES string of the molecule is COc1ccc2nccc(C(O)CCC3CCNCC3)c2c1.COc1ccc2nccc(C(O)CCC3CCNCC3)c2c1.O=C(O)/C=C/C(=O)O.O=C(O)/C=C/C(=O)O.O=C(O)/C=C/C(=O)O. The monoisotopic (exact) mass is 948 g/mol. The average Bonchev–Trinajstić information content (AvgIpc) is 3.33. The molecule has 4 heterocycles. The number of rotatable bonds is 16. The van der Waals surface area contributed by atoms with Crippen molar-refractivity contribution in [2.24, 2.45) is 11.8 Å². The number of carboxylic acid groups (broad SMARTS) is 6. The van der Waals surface area contributed by atoms with E-state index in [0.29, 0.717) is 36.5 Å². The van der Waals surface area contributed by atoms with Gasteiger partial charge in [0.1, 0.15) is 11.5 Å². The summed E-state index contributed by atoms with van der Waals surface area (Å²) in [6.07, 6.45) is 14.7. The minimum atomic E-state index is -1.26. The van der Waals surface area contributed by atoms with Crippen molar-refractivity contribution in [1.82, 2.24) is 20.6 Å². The summed E-state index contributed by atoms with van der Waals surface area (Å²) in [6.45, 7) is 4.43. The van der Waals surface area contributed by atoms with Gasteiger partial charge < -0.3 is 61.0 Å². The number of nitrogens with zero attached hydrogens (tertiary/aromatic N) is 2. The van der Waals surface area contributed by atoms with Crippen LogP contribution in [0.4, 0.5) is 0 Å². The Hall–Kier alpha value is -7.26. The molecule has 2 fully saturated rings. The van der Waals surface area contributed by atoms with E-state index in [1.54, 1.807) is 26.6 Å². The Balaban J connectivity index is 0.000000320. The number of aliphatic hydroxyl groups is 2. The molecular formula is C48H60N4O16. The summed E-state index contributed by atoms with van der Waals surface area (Å²) < 4.78 is 10.6. The number of aromatic nitrogens is 2. The van der Waals surface area contributed by atoms with Gasteiger partial charge in [0, 0.05) is 59.6 Å². The lowest BCUT2D eigenvalue weighted by Crippen LogP contribution is -2.27. The number of hydrogen-bond acceptors (Lipinski definition) is 14. The molecule has 2 atom stereocenters. The first-order chi connectivity index (χ1) is 32.4.